The van der Waals surface area contributed by atoms with E-state index in [1.807, 2.05) is 0 Å². The second-order valence-electron chi connectivity index (χ2n) is 4.02. The van der Waals surface area contributed by atoms with Crippen LogP contribution in [0.15, 0.2) is 43.0 Å². The van der Waals surface area contributed by atoms with Crippen molar-refractivity contribution in [2.45, 2.75) is 26.7 Å². The van der Waals surface area contributed by atoms with E-state index in [0.29, 0.717) is 0 Å². The van der Waals surface area contributed by atoms with Gasteiger partial charge in [0.05, 0.1) is 0 Å². The Morgan fingerprint density at radius 2 is 1.38 bits per heavy atom. The molecule has 0 N–H and O–H groups in total. The van der Waals surface area contributed by atoms with Gasteiger partial charge in [0.1, 0.15) is 0 Å². The summed E-state index contributed by atoms with van der Waals surface area (Å²) < 4.78 is 5.21. The molecular formula is C13H18Cl2Zr. The number of allylic oxidation sites excluding steroid dienone is 8. The van der Waals surface area contributed by atoms with E-state index in [-0.39, 0.29) is 24.8 Å². The molecule has 0 nitrogen and oxygen atoms in total. The maximum atomic E-state index is 2.36. The molecule has 0 heterocycles. The van der Waals surface area contributed by atoms with Gasteiger partial charge in [0.15, 0.2) is 0 Å². The van der Waals surface area contributed by atoms with Crippen LogP contribution in [0.2, 0.25) is 0 Å². The molecule has 0 unspecified atom stereocenters. The van der Waals surface area contributed by atoms with Gasteiger partial charge in [-0.25, -0.2) is 0 Å². The fourth-order valence-corrected chi connectivity index (χ4v) is 9.16. The molecule has 0 aromatic carbocycles. The van der Waals surface area contributed by atoms with E-state index in [1.165, 1.54) is 12.8 Å². The van der Waals surface area contributed by atoms with E-state index in [2.05, 4.69) is 50.3 Å². The van der Waals surface area contributed by atoms with Crippen molar-refractivity contribution in [2.24, 2.45) is 0 Å². The first-order valence-electron chi connectivity index (χ1n) is 5.18. The molecular weight excluding hydrogens is 318 g/mol. The molecule has 0 bridgehead atoms. The third kappa shape index (κ3) is 3.65. The molecule has 0 aromatic heterocycles. The minimum absolute atomic E-state index is 0. The zero-order chi connectivity index (χ0) is 9.97. The fourth-order valence-electron chi connectivity index (χ4n) is 2.11. The smallest absolute Gasteiger partial charge is 0.147 e. The largest absolute Gasteiger partial charge is 0.147 e. The van der Waals surface area contributed by atoms with Crippen molar-refractivity contribution < 1.29 is 21.3 Å². The second kappa shape index (κ2) is 7.59. The molecule has 2 aliphatic rings. The third-order valence-electron chi connectivity index (χ3n) is 2.68. The summed E-state index contributed by atoms with van der Waals surface area (Å²) >= 11 is -1.51. The van der Waals surface area contributed by atoms with Crippen LogP contribution < -0.4 is 0 Å². The predicted molar refractivity (Wildman–Crippen MR) is 74.5 cm³/mol. The van der Waals surface area contributed by atoms with Crippen LogP contribution in [0.3, 0.4) is 0 Å². The van der Waals surface area contributed by atoms with E-state index in [4.69, 9.17) is 0 Å². The molecule has 3 heteroatoms. The van der Waals surface area contributed by atoms with Crippen molar-refractivity contribution in [1.29, 1.82) is 0 Å². The maximum absolute atomic E-state index is 2.36. The maximum Gasteiger partial charge on any atom is -0.147 e. The van der Waals surface area contributed by atoms with Crippen molar-refractivity contribution in [1.82, 2.24) is 0 Å². The van der Waals surface area contributed by atoms with E-state index < -0.39 is 21.3 Å². The summed E-state index contributed by atoms with van der Waals surface area (Å²) in [6.07, 6.45) is 16.2. The third-order valence-corrected chi connectivity index (χ3v) is 10.1. The Kier molecular flexibility index (Phi) is 7.73. The van der Waals surface area contributed by atoms with Crippen LogP contribution in [0.4, 0.5) is 0 Å². The Balaban J connectivity index is 0.00000112. The van der Waals surface area contributed by atoms with E-state index in [9.17, 15) is 0 Å². The summed E-state index contributed by atoms with van der Waals surface area (Å²) in [6, 6.07) is 0. The van der Waals surface area contributed by atoms with Crippen LogP contribution in [-0.2, 0) is 21.3 Å². The standard InChI is InChI=1S/2C5H5.C3H6.2ClH.Zr/c2*1-2-4-5-3-1;1-3-2;;;/h2*1-3H,4H2;1-2H3;2*1H;. The van der Waals surface area contributed by atoms with Crippen LogP contribution >= 0.6 is 24.8 Å². The van der Waals surface area contributed by atoms with Gasteiger partial charge in [-0.1, -0.05) is 0 Å². The van der Waals surface area contributed by atoms with Gasteiger partial charge in [-0.15, -0.1) is 24.8 Å². The normalized spacial score (nSPS) is 16.1. The van der Waals surface area contributed by atoms with Gasteiger partial charge in [-0.2, -0.15) is 0 Å². The molecule has 88 valence electrons. The van der Waals surface area contributed by atoms with Crippen molar-refractivity contribution >= 4 is 28.0 Å². The van der Waals surface area contributed by atoms with Gasteiger partial charge in [-0.05, 0) is 0 Å². The summed E-state index contributed by atoms with van der Waals surface area (Å²) in [5.74, 6) is 0. The molecule has 0 aromatic rings. The quantitative estimate of drug-likeness (QED) is 0.703. The summed E-state index contributed by atoms with van der Waals surface area (Å²) in [5, 5.41) is 0. The van der Waals surface area contributed by atoms with Crippen LogP contribution in [0.5, 0.6) is 0 Å². The van der Waals surface area contributed by atoms with Crippen molar-refractivity contribution in [2.75, 3.05) is 0 Å². The Morgan fingerprint density at radius 1 is 0.938 bits per heavy atom. The number of halogens is 2. The van der Waals surface area contributed by atoms with Crippen LogP contribution in [0.25, 0.3) is 0 Å². The van der Waals surface area contributed by atoms with Gasteiger partial charge in [-0.3, -0.25) is 0 Å². The minimum atomic E-state index is -1.51. The van der Waals surface area contributed by atoms with Gasteiger partial charge in [0.25, 0.3) is 0 Å². The summed E-state index contributed by atoms with van der Waals surface area (Å²) in [4.78, 5) is 0. The topological polar surface area (TPSA) is 0 Å². The average Bonchev–Trinajstić information content (AvgIpc) is 2.75. The first kappa shape index (κ1) is 16.3. The van der Waals surface area contributed by atoms with Gasteiger partial charge in [0, 0.05) is 0 Å². The average molecular weight is 336 g/mol. The molecule has 0 radical (unpaired) electrons. The SMILES string of the molecule is C[C](C)=[Zr]([C]1=CC=CC1)[C]1=CC=CC1.Cl.Cl. The van der Waals surface area contributed by atoms with Crippen LogP contribution in [0.1, 0.15) is 26.7 Å². The Hall–Kier alpha value is 0.293. The number of hydrogen-bond acceptors (Lipinski definition) is 0. The van der Waals surface area contributed by atoms with Gasteiger partial charge in [0.2, 0.25) is 0 Å². The van der Waals surface area contributed by atoms with Crippen molar-refractivity contribution in [3.8, 4) is 0 Å². The Labute approximate surface area is 118 Å². The summed E-state index contributed by atoms with van der Waals surface area (Å²) in [6.45, 7) is 4.65. The molecule has 0 amide bonds. The Morgan fingerprint density at radius 3 is 1.62 bits per heavy atom. The van der Waals surface area contributed by atoms with E-state index >= 15 is 0 Å². The fraction of sp³-hybridized carbons (Fsp3) is 0.308. The predicted octanol–water partition coefficient (Wildman–Crippen LogP) is 4.35. The first-order valence-corrected chi connectivity index (χ1v) is 8.87. The summed E-state index contributed by atoms with van der Waals surface area (Å²) in [5.41, 5.74) is 0. The molecule has 0 spiro atoms. The zero-order valence-corrected chi connectivity index (χ0v) is 13.8. The minimum Gasteiger partial charge on any atom is -0.147 e. The molecule has 0 atom stereocenters. The number of rotatable bonds is 2. The van der Waals surface area contributed by atoms with Crippen LogP contribution in [0, 0.1) is 0 Å². The molecule has 0 fully saturated rings. The van der Waals surface area contributed by atoms with Crippen molar-refractivity contribution in [3.05, 3.63) is 43.0 Å². The molecule has 2 rings (SSSR count). The first-order chi connectivity index (χ1) is 6.79. The monoisotopic (exact) mass is 334 g/mol. The summed E-state index contributed by atoms with van der Waals surface area (Å²) in [7, 11) is 0. The molecule has 0 saturated carbocycles. The number of hydrogen-bond donors (Lipinski definition) is 0. The van der Waals surface area contributed by atoms with E-state index in [0.717, 1.165) is 0 Å². The molecule has 0 aliphatic heterocycles. The van der Waals surface area contributed by atoms with Crippen molar-refractivity contribution in [3.63, 3.8) is 0 Å². The Bertz CT molecular complexity index is 362. The second-order valence-corrected chi connectivity index (χ2v) is 11.5. The molecule has 0 saturated heterocycles. The zero-order valence-electron chi connectivity index (χ0n) is 9.69. The van der Waals surface area contributed by atoms with Gasteiger partial charge < -0.3 is 0 Å². The van der Waals surface area contributed by atoms with E-state index in [1.54, 1.807) is 9.77 Å². The molecule has 2 aliphatic carbocycles. The van der Waals surface area contributed by atoms with Crippen LogP contribution in [-0.4, -0.2) is 3.21 Å². The molecule has 16 heavy (non-hydrogen) atoms. The van der Waals surface area contributed by atoms with Gasteiger partial charge >= 0.3 is 94.2 Å².